The third-order valence-electron chi connectivity index (χ3n) is 2.19. The zero-order valence-corrected chi connectivity index (χ0v) is 9.15. The molecule has 6 heteroatoms. The minimum absolute atomic E-state index is 0.110. The minimum atomic E-state index is -0.228. The van der Waals surface area contributed by atoms with Gasteiger partial charge in [0.2, 0.25) is 11.8 Å². The minimum Gasteiger partial charge on any atom is -0.347 e. The summed E-state index contributed by atoms with van der Waals surface area (Å²) in [6, 6.07) is -0.172. The fraction of sp³-hybridized carbons (Fsp3) is 0.667. The van der Waals surface area contributed by atoms with E-state index in [0.29, 0.717) is 11.7 Å². The number of carbonyl (C=O) groups is 1. The van der Waals surface area contributed by atoms with Gasteiger partial charge in [-0.05, 0) is 13.8 Å². The summed E-state index contributed by atoms with van der Waals surface area (Å²) in [4.78, 5) is 15.4. The monoisotopic (exact) mass is 212 g/mol. The molecule has 6 nitrogen and oxygen atoms in total. The van der Waals surface area contributed by atoms with Gasteiger partial charge in [0, 0.05) is 12.0 Å². The number of nitrogens with zero attached hydrogens (tertiary/aromatic N) is 2. The molecule has 3 N–H and O–H groups in total. The maximum atomic E-state index is 11.5. The Bertz CT molecular complexity index is 335. The van der Waals surface area contributed by atoms with E-state index in [2.05, 4.69) is 15.5 Å². The van der Waals surface area contributed by atoms with Crippen molar-refractivity contribution in [2.24, 2.45) is 11.7 Å². The number of nitrogens with two attached hydrogens (primary N) is 1. The average molecular weight is 212 g/mol. The quantitative estimate of drug-likeness (QED) is 0.731. The predicted molar refractivity (Wildman–Crippen MR) is 53.7 cm³/mol. The molecule has 0 bridgehead atoms. The summed E-state index contributed by atoms with van der Waals surface area (Å²) in [5.41, 5.74) is 5.60. The van der Waals surface area contributed by atoms with Gasteiger partial charge in [-0.15, -0.1) is 0 Å². The number of carbonyl (C=O) groups excluding carboxylic acids is 1. The van der Waals surface area contributed by atoms with Crippen molar-refractivity contribution in [2.75, 3.05) is 0 Å². The summed E-state index contributed by atoms with van der Waals surface area (Å²) >= 11 is 0. The van der Waals surface area contributed by atoms with Crippen LogP contribution in [0.3, 0.4) is 0 Å². The van der Waals surface area contributed by atoms with Gasteiger partial charge in [0.1, 0.15) is 0 Å². The molecule has 1 rings (SSSR count). The lowest BCUT2D eigenvalue weighted by molar-refractivity contribution is -0.125. The van der Waals surface area contributed by atoms with Crippen molar-refractivity contribution in [1.82, 2.24) is 15.5 Å². The van der Waals surface area contributed by atoms with Crippen molar-refractivity contribution >= 4 is 5.91 Å². The van der Waals surface area contributed by atoms with Crippen molar-refractivity contribution in [3.8, 4) is 0 Å². The molecule has 0 radical (unpaired) electrons. The van der Waals surface area contributed by atoms with E-state index in [0.717, 1.165) is 0 Å². The summed E-state index contributed by atoms with van der Waals surface area (Å²) in [6.45, 7) is 5.54. The molecule has 1 amide bonds. The van der Waals surface area contributed by atoms with Crippen LogP contribution < -0.4 is 11.1 Å². The third kappa shape index (κ3) is 3.32. The summed E-state index contributed by atoms with van der Waals surface area (Å²) in [5.74, 6) is 0.618. The number of amides is 1. The van der Waals surface area contributed by atoms with Gasteiger partial charge in [-0.1, -0.05) is 12.1 Å². The first-order chi connectivity index (χ1) is 7.00. The van der Waals surface area contributed by atoms with Gasteiger partial charge in [-0.25, -0.2) is 0 Å². The Morgan fingerprint density at radius 1 is 1.60 bits per heavy atom. The molecule has 2 unspecified atom stereocenters. The number of aryl methyl sites for hydroxylation is 1. The van der Waals surface area contributed by atoms with E-state index in [4.69, 9.17) is 10.3 Å². The van der Waals surface area contributed by atoms with Crippen LogP contribution in [0.2, 0.25) is 0 Å². The van der Waals surface area contributed by atoms with E-state index in [1.165, 1.54) is 0 Å². The normalized spacial score (nSPS) is 14.7. The molecule has 1 aromatic heterocycles. The molecule has 15 heavy (non-hydrogen) atoms. The highest BCUT2D eigenvalue weighted by Gasteiger charge is 2.17. The standard InChI is InChI=1S/C9H16N4O2/c1-5(6(2)10)9(14)11-4-8-12-7(3)13-15-8/h5-6H,4,10H2,1-3H3,(H,11,14). The molecule has 0 saturated heterocycles. The topological polar surface area (TPSA) is 94.0 Å². The predicted octanol–water partition coefficient (Wildman–Crippen LogP) is -0.0225. The van der Waals surface area contributed by atoms with Crippen LogP contribution in [0.4, 0.5) is 0 Å². The lowest BCUT2D eigenvalue weighted by atomic mass is 10.0. The van der Waals surface area contributed by atoms with E-state index >= 15 is 0 Å². The molecule has 0 aliphatic rings. The van der Waals surface area contributed by atoms with Crippen molar-refractivity contribution in [3.63, 3.8) is 0 Å². The van der Waals surface area contributed by atoms with Crippen molar-refractivity contribution in [2.45, 2.75) is 33.4 Å². The summed E-state index contributed by atoms with van der Waals surface area (Å²) in [7, 11) is 0. The average Bonchev–Trinajstić information content (AvgIpc) is 2.59. The number of hydrogen-bond acceptors (Lipinski definition) is 5. The molecular formula is C9H16N4O2. The summed E-state index contributed by atoms with van der Waals surface area (Å²) < 4.78 is 4.85. The lowest BCUT2D eigenvalue weighted by Crippen LogP contribution is -2.38. The summed E-state index contributed by atoms with van der Waals surface area (Å²) in [5, 5.41) is 6.29. The first kappa shape index (κ1) is 11.6. The van der Waals surface area contributed by atoms with Gasteiger partial charge in [-0.3, -0.25) is 4.79 Å². The number of aromatic nitrogens is 2. The Balaban J connectivity index is 2.40. The largest absolute Gasteiger partial charge is 0.347 e. The van der Waals surface area contributed by atoms with Crippen molar-refractivity contribution < 1.29 is 9.32 Å². The molecular weight excluding hydrogens is 196 g/mol. The van der Waals surface area contributed by atoms with Crippen LogP contribution in [-0.4, -0.2) is 22.1 Å². The van der Waals surface area contributed by atoms with Crippen LogP contribution >= 0.6 is 0 Å². The second-order valence-corrected chi connectivity index (χ2v) is 3.60. The number of hydrogen-bond donors (Lipinski definition) is 2. The number of nitrogens with one attached hydrogen (secondary N) is 1. The fourth-order valence-corrected chi connectivity index (χ4v) is 0.974. The molecule has 0 saturated carbocycles. The van der Waals surface area contributed by atoms with Crippen LogP contribution in [0.25, 0.3) is 0 Å². The molecule has 1 aromatic rings. The number of rotatable bonds is 4. The van der Waals surface area contributed by atoms with Gasteiger partial charge in [0.25, 0.3) is 0 Å². The Hall–Kier alpha value is -1.43. The first-order valence-electron chi connectivity index (χ1n) is 4.83. The van der Waals surface area contributed by atoms with Crippen molar-refractivity contribution in [1.29, 1.82) is 0 Å². The van der Waals surface area contributed by atoms with E-state index in [-0.39, 0.29) is 24.4 Å². The maximum Gasteiger partial charge on any atom is 0.246 e. The van der Waals surface area contributed by atoms with Gasteiger partial charge < -0.3 is 15.6 Å². The highest BCUT2D eigenvalue weighted by atomic mass is 16.5. The van der Waals surface area contributed by atoms with E-state index in [1.807, 2.05) is 0 Å². The summed E-state index contributed by atoms with van der Waals surface area (Å²) in [6.07, 6.45) is 0. The van der Waals surface area contributed by atoms with Crippen LogP contribution in [0.5, 0.6) is 0 Å². The Morgan fingerprint density at radius 2 is 2.27 bits per heavy atom. The third-order valence-corrected chi connectivity index (χ3v) is 2.19. The molecule has 2 atom stereocenters. The molecule has 0 fully saturated rings. The van der Waals surface area contributed by atoms with Crippen LogP contribution in [0.15, 0.2) is 4.52 Å². The second-order valence-electron chi connectivity index (χ2n) is 3.60. The lowest BCUT2D eigenvalue weighted by Gasteiger charge is -2.14. The molecule has 0 aliphatic carbocycles. The fourth-order valence-electron chi connectivity index (χ4n) is 0.974. The smallest absolute Gasteiger partial charge is 0.246 e. The van der Waals surface area contributed by atoms with Crippen LogP contribution in [-0.2, 0) is 11.3 Å². The van der Waals surface area contributed by atoms with Crippen LogP contribution in [0.1, 0.15) is 25.6 Å². The van der Waals surface area contributed by atoms with Crippen molar-refractivity contribution in [3.05, 3.63) is 11.7 Å². The maximum absolute atomic E-state index is 11.5. The van der Waals surface area contributed by atoms with E-state index in [1.54, 1.807) is 20.8 Å². The van der Waals surface area contributed by atoms with E-state index < -0.39 is 0 Å². The Morgan fingerprint density at radius 3 is 2.73 bits per heavy atom. The Labute approximate surface area is 88.2 Å². The van der Waals surface area contributed by atoms with Gasteiger partial charge in [0.05, 0.1) is 6.54 Å². The van der Waals surface area contributed by atoms with Gasteiger partial charge >= 0.3 is 0 Å². The highest BCUT2D eigenvalue weighted by molar-refractivity contribution is 5.78. The second kappa shape index (κ2) is 4.88. The van der Waals surface area contributed by atoms with Gasteiger partial charge in [0.15, 0.2) is 5.82 Å². The molecule has 0 aromatic carbocycles. The Kier molecular flexibility index (Phi) is 3.79. The van der Waals surface area contributed by atoms with Crippen LogP contribution in [0, 0.1) is 12.8 Å². The zero-order chi connectivity index (χ0) is 11.4. The zero-order valence-electron chi connectivity index (χ0n) is 9.15. The molecule has 0 spiro atoms. The highest BCUT2D eigenvalue weighted by Crippen LogP contribution is 2.01. The first-order valence-corrected chi connectivity index (χ1v) is 4.83. The molecule has 84 valence electrons. The SMILES string of the molecule is Cc1noc(CNC(=O)C(C)C(C)N)n1. The molecule has 1 heterocycles. The van der Waals surface area contributed by atoms with E-state index in [9.17, 15) is 4.79 Å². The molecule has 0 aliphatic heterocycles. The van der Waals surface area contributed by atoms with Gasteiger partial charge in [-0.2, -0.15) is 4.98 Å².